The molecule has 1 aliphatic heterocycles. The number of benzene rings is 3. The van der Waals surface area contributed by atoms with Gasteiger partial charge in [-0.3, -0.25) is 13.6 Å². The zero-order valence-electron chi connectivity index (χ0n) is 32.2. The van der Waals surface area contributed by atoms with Crippen LogP contribution >= 0.6 is 19.6 Å². The first kappa shape index (κ1) is 45.0. The lowest BCUT2D eigenvalue weighted by Gasteiger charge is -2.40. The van der Waals surface area contributed by atoms with Crippen molar-refractivity contribution in [2.45, 2.75) is 49.4 Å². The lowest BCUT2D eigenvalue weighted by Crippen LogP contribution is -2.47. The first-order valence-electron chi connectivity index (χ1n) is 18.2. The predicted octanol–water partition coefficient (Wildman–Crippen LogP) is 8.79. The number of carbonyl (C=O) groups excluding carboxylic acids is 1. The molecule has 12 nitrogen and oxygen atoms in total. The molecule has 0 N–H and O–H groups in total. The Morgan fingerprint density at radius 2 is 1.80 bits per heavy atom. The number of hydrogen-bond acceptors (Lipinski definition) is 12. The molecule has 2 atom stereocenters. The molecule has 0 amide bonds. The summed E-state index contributed by atoms with van der Waals surface area (Å²) >= 11 is 1.30. The van der Waals surface area contributed by atoms with Gasteiger partial charge in [0.05, 0.1) is 62.0 Å². The molecule has 0 saturated carbocycles. The first-order valence-corrected chi connectivity index (χ1v) is 20.6. The van der Waals surface area contributed by atoms with Crippen LogP contribution in [0.2, 0.25) is 0 Å². The highest BCUT2D eigenvalue weighted by molar-refractivity contribution is 8.00. The first-order chi connectivity index (χ1) is 28.4. The van der Waals surface area contributed by atoms with E-state index >= 15 is 4.39 Å². The minimum atomic E-state index is -4.14. The minimum absolute atomic E-state index is 0.0154. The SMILES string of the molecule is C=CCOP(=O)(OCC=C)OCc1ccc(C)cc1C(=O)O[C@@](Cn1cncn1)(c1ccc(F)cc1F)[C@@H](C)S[C@H]1CO[C@H](/C=C/C=C/c2ccc(C#N)cc2F)OC1. The van der Waals surface area contributed by atoms with E-state index in [4.69, 9.17) is 33.0 Å². The number of nitrogens with zero attached hydrogens (tertiary/aromatic N) is 4. The van der Waals surface area contributed by atoms with Gasteiger partial charge in [0.2, 0.25) is 0 Å². The number of rotatable bonds is 20. The van der Waals surface area contributed by atoms with E-state index in [1.54, 1.807) is 56.4 Å². The largest absolute Gasteiger partial charge is 0.475 e. The fourth-order valence-corrected chi connectivity index (χ4v) is 8.36. The van der Waals surface area contributed by atoms with Gasteiger partial charge in [-0.05, 0) is 55.8 Å². The van der Waals surface area contributed by atoms with E-state index in [1.807, 2.05) is 6.07 Å². The number of aryl methyl sites for hydroxylation is 1. The molecule has 2 heterocycles. The summed E-state index contributed by atoms with van der Waals surface area (Å²) in [4.78, 5) is 18.5. The number of phosphoric ester groups is 1. The number of esters is 1. The summed E-state index contributed by atoms with van der Waals surface area (Å²) < 4.78 is 94.0. The predicted molar refractivity (Wildman–Crippen MR) is 215 cm³/mol. The van der Waals surface area contributed by atoms with E-state index < -0.39 is 55.0 Å². The van der Waals surface area contributed by atoms with Crippen LogP contribution < -0.4 is 0 Å². The van der Waals surface area contributed by atoms with Crippen LogP contribution in [0.3, 0.4) is 0 Å². The average Bonchev–Trinajstić information content (AvgIpc) is 3.74. The normalized spacial score (nSPS) is 17.4. The third kappa shape index (κ3) is 12.2. The van der Waals surface area contributed by atoms with Crippen LogP contribution in [0.1, 0.15) is 45.1 Å². The maximum atomic E-state index is 16.1. The monoisotopic (exact) mass is 850 g/mol. The second-order valence-corrected chi connectivity index (χ2v) is 16.4. The molecular formula is C42H42F3N4O8PS. The van der Waals surface area contributed by atoms with Gasteiger partial charge < -0.3 is 14.2 Å². The standard InChI is InChI=1S/C42H42F3N4O8PS/c1-5-17-54-58(51,55-18-6-2)56-23-33-13-11-29(3)19-36(33)41(50)57-42(26-49-28-47-27-48-49,37-16-15-34(43)21-39(37)45)30(4)59-35-24-52-40(53-25-35)10-8-7-9-32-14-12-31(22-46)20-38(32)44/h5-16,19-21,27-28,30,35,40H,1-2,17-18,23-26H2,3-4H3/b9-7+,10-8+/t30-,35-,40-,42-/m1/s1. The molecule has 0 spiro atoms. The van der Waals surface area contributed by atoms with Gasteiger partial charge in [-0.25, -0.2) is 32.2 Å². The van der Waals surface area contributed by atoms with E-state index in [9.17, 15) is 18.1 Å². The van der Waals surface area contributed by atoms with Crippen molar-refractivity contribution < 1.29 is 50.3 Å². The number of hydrogen-bond donors (Lipinski definition) is 0. The van der Waals surface area contributed by atoms with E-state index in [-0.39, 0.29) is 60.5 Å². The molecule has 0 unspecified atom stereocenters. The molecule has 4 aromatic rings. The highest BCUT2D eigenvalue weighted by Gasteiger charge is 2.47. The molecule has 1 aliphatic rings. The molecule has 1 saturated heterocycles. The van der Waals surface area contributed by atoms with Gasteiger partial charge in [0.25, 0.3) is 0 Å². The van der Waals surface area contributed by atoms with E-state index in [0.29, 0.717) is 17.2 Å². The van der Waals surface area contributed by atoms with Crippen LogP contribution in [0.4, 0.5) is 13.2 Å². The minimum Gasteiger partial charge on any atom is -0.447 e. The van der Waals surface area contributed by atoms with Gasteiger partial charge >= 0.3 is 13.8 Å². The van der Waals surface area contributed by atoms with Crippen LogP contribution in [-0.4, -0.2) is 64.0 Å². The van der Waals surface area contributed by atoms with E-state index in [2.05, 4.69) is 23.2 Å². The van der Waals surface area contributed by atoms with Crippen LogP contribution in [-0.2, 0) is 51.1 Å². The number of carbonyl (C=O) groups is 1. The summed E-state index contributed by atoms with van der Waals surface area (Å²) in [7, 11) is -4.14. The van der Waals surface area contributed by atoms with Crippen LogP contribution in [0.15, 0.2) is 111 Å². The summed E-state index contributed by atoms with van der Waals surface area (Å²) in [6.45, 7) is 10.0. The quantitative estimate of drug-likeness (QED) is 0.0363. The van der Waals surface area contributed by atoms with Crippen molar-refractivity contribution in [3.8, 4) is 6.07 Å². The molecule has 5 rings (SSSR count). The van der Waals surface area contributed by atoms with E-state index in [0.717, 1.165) is 12.1 Å². The fraction of sp³-hybridized carbons (Fsp3) is 0.286. The lowest BCUT2D eigenvalue weighted by atomic mass is 9.89. The summed E-state index contributed by atoms with van der Waals surface area (Å²) in [6, 6.07) is 13.9. The molecule has 0 aliphatic carbocycles. The molecule has 59 heavy (non-hydrogen) atoms. The molecule has 0 bridgehead atoms. The Morgan fingerprint density at radius 1 is 1.05 bits per heavy atom. The Kier molecular flexibility index (Phi) is 16.2. The molecule has 17 heteroatoms. The van der Waals surface area contributed by atoms with Gasteiger partial charge in [-0.15, -0.1) is 24.9 Å². The molecular weight excluding hydrogens is 809 g/mol. The number of allylic oxidation sites excluding steroid dienone is 2. The van der Waals surface area contributed by atoms with Crippen molar-refractivity contribution in [1.82, 2.24) is 14.8 Å². The van der Waals surface area contributed by atoms with Gasteiger partial charge in [0.15, 0.2) is 11.9 Å². The molecule has 0 radical (unpaired) electrons. The highest BCUT2D eigenvalue weighted by atomic mass is 32.2. The zero-order valence-corrected chi connectivity index (χ0v) is 34.0. The van der Waals surface area contributed by atoms with Crippen LogP contribution in [0.5, 0.6) is 0 Å². The maximum absolute atomic E-state index is 16.1. The van der Waals surface area contributed by atoms with Gasteiger partial charge in [0, 0.05) is 22.4 Å². The van der Waals surface area contributed by atoms with Gasteiger partial charge in [-0.2, -0.15) is 10.4 Å². The van der Waals surface area contributed by atoms with Crippen molar-refractivity contribution in [1.29, 1.82) is 5.26 Å². The van der Waals surface area contributed by atoms with Crippen LogP contribution in [0.25, 0.3) is 6.08 Å². The number of aromatic nitrogens is 3. The van der Waals surface area contributed by atoms with Crippen molar-refractivity contribution in [2.24, 2.45) is 0 Å². The van der Waals surface area contributed by atoms with Gasteiger partial charge in [0.1, 0.15) is 30.1 Å². The second kappa shape index (κ2) is 21.2. The van der Waals surface area contributed by atoms with Crippen molar-refractivity contribution in [3.05, 3.63) is 162 Å². The van der Waals surface area contributed by atoms with Crippen LogP contribution in [0, 0.1) is 35.7 Å². The van der Waals surface area contributed by atoms with Crippen molar-refractivity contribution >= 4 is 31.6 Å². The third-order valence-electron chi connectivity index (χ3n) is 8.82. The number of nitriles is 1. The Morgan fingerprint density at radius 3 is 2.44 bits per heavy atom. The molecule has 1 fully saturated rings. The fourth-order valence-electron chi connectivity index (χ4n) is 5.90. The third-order valence-corrected chi connectivity index (χ3v) is 11.6. The Bertz CT molecular complexity index is 2230. The number of halogens is 3. The van der Waals surface area contributed by atoms with Crippen molar-refractivity contribution in [3.63, 3.8) is 0 Å². The number of ether oxygens (including phenoxy) is 3. The Labute approximate surface area is 344 Å². The summed E-state index contributed by atoms with van der Waals surface area (Å²) in [5.41, 5.74) is -0.521. The summed E-state index contributed by atoms with van der Waals surface area (Å²) in [6.07, 6.45) is 11.1. The lowest BCUT2D eigenvalue weighted by molar-refractivity contribution is -0.146. The molecule has 1 aromatic heterocycles. The summed E-state index contributed by atoms with van der Waals surface area (Å²) in [5.74, 6) is -3.22. The topological polar surface area (TPSA) is 144 Å². The van der Waals surface area contributed by atoms with Crippen molar-refractivity contribution in [2.75, 3.05) is 26.4 Å². The number of thioether (sulfide) groups is 1. The smallest absolute Gasteiger partial charge is 0.447 e. The molecule has 310 valence electrons. The zero-order chi connectivity index (χ0) is 42.4. The van der Waals surface area contributed by atoms with E-state index in [1.165, 1.54) is 59.4 Å². The summed E-state index contributed by atoms with van der Waals surface area (Å²) in [5, 5.41) is 12.1. The molecule has 3 aromatic carbocycles. The Hall–Kier alpha value is -5.11. The Balaban J connectivity index is 1.40. The van der Waals surface area contributed by atoms with Gasteiger partial charge in [-0.1, -0.05) is 54.1 Å². The highest BCUT2D eigenvalue weighted by Crippen LogP contribution is 2.50. The average molecular weight is 851 g/mol. The number of phosphoric acid groups is 1. The second-order valence-electron chi connectivity index (χ2n) is 13.1. The maximum Gasteiger partial charge on any atom is 0.475 e.